The molecule has 3 rings (SSSR count). The molecule has 0 radical (unpaired) electrons. The van der Waals surface area contributed by atoms with Gasteiger partial charge in [0, 0.05) is 16.7 Å². The second-order valence-corrected chi connectivity index (χ2v) is 7.81. The molecule has 0 aromatic heterocycles. The third-order valence-electron chi connectivity index (χ3n) is 4.38. The molecule has 2 aromatic carbocycles. The molecule has 2 atom stereocenters. The maximum atomic E-state index is 6.49. The lowest BCUT2D eigenvalue weighted by Crippen LogP contribution is -2.44. The summed E-state index contributed by atoms with van der Waals surface area (Å²) in [5, 5.41) is 0. The molecule has 0 spiro atoms. The van der Waals surface area contributed by atoms with Crippen LogP contribution in [0.2, 0.25) is 0 Å². The van der Waals surface area contributed by atoms with Crippen LogP contribution in [0.3, 0.4) is 0 Å². The Morgan fingerprint density at radius 1 is 1.19 bits per heavy atom. The number of nitrogens with zero attached hydrogens (tertiary/aromatic N) is 1. The minimum Gasteiger partial charge on any atom is -0.490 e. The van der Waals surface area contributed by atoms with Crippen molar-refractivity contribution in [2.24, 2.45) is 0 Å². The van der Waals surface area contributed by atoms with Crippen LogP contribution < -0.4 is 9.47 Å². The fraction of sp³-hybridized carbons (Fsp3) is 0.429. The molecular weight excluding hydrogens is 441 g/mol. The van der Waals surface area contributed by atoms with Crippen LogP contribution in [0.4, 0.5) is 0 Å². The van der Waals surface area contributed by atoms with Crippen LogP contribution in [0.5, 0.6) is 11.5 Å². The van der Waals surface area contributed by atoms with Crippen LogP contribution in [-0.4, -0.2) is 44.4 Å². The highest BCUT2D eigenvalue weighted by Gasteiger charge is 2.30. The molecule has 1 saturated heterocycles. The number of halogens is 1. The molecule has 0 amide bonds. The molecule has 1 aliphatic heterocycles. The van der Waals surface area contributed by atoms with Crippen LogP contribution >= 0.6 is 22.6 Å². The summed E-state index contributed by atoms with van der Waals surface area (Å²) in [5.41, 5.74) is 1.12. The zero-order valence-corrected chi connectivity index (χ0v) is 17.5. The summed E-state index contributed by atoms with van der Waals surface area (Å²) in [7, 11) is 2.12. The van der Waals surface area contributed by atoms with Gasteiger partial charge in [0.05, 0.1) is 13.2 Å². The summed E-state index contributed by atoms with van der Waals surface area (Å²) in [4.78, 5) is 2.29. The lowest BCUT2D eigenvalue weighted by atomic mass is 10.0. The Bertz CT molecular complexity index is 695. The second-order valence-electron chi connectivity index (χ2n) is 6.56. The first-order chi connectivity index (χ1) is 12.7. The summed E-state index contributed by atoms with van der Waals surface area (Å²) < 4.78 is 19.6. The Hall–Kier alpha value is -1.31. The minimum atomic E-state index is -0.178. The van der Waals surface area contributed by atoms with Crippen molar-refractivity contribution in [3.8, 4) is 11.5 Å². The molecule has 1 aliphatic rings. The van der Waals surface area contributed by atoms with E-state index < -0.39 is 0 Å². The Morgan fingerprint density at radius 2 is 2.00 bits per heavy atom. The highest BCUT2D eigenvalue weighted by molar-refractivity contribution is 14.1. The Labute approximate surface area is 169 Å². The van der Waals surface area contributed by atoms with E-state index in [1.54, 1.807) is 0 Å². The maximum absolute atomic E-state index is 6.49. The molecule has 0 bridgehead atoms. The van der Waals surface area contributed by atoms with Gasteiger partial charge >= 0.3 is 0 Å². The molecule has 4 nitrogen and oxygen atoms in total. The lowest BCUT2D eigenvalue weighted by molar-refractivity contribution is -0.0764. The third-order valence-corrected chi connectivity index (χ3v) is 5.05. The SMILES string of the molecule is CCCOc1cc(I)ccc1O[C@@H](c1ccccc1)C1CN(C)CCO1. The van der Waals surface area contributed by atoms with Gasteiger partial charge in [-0.3, -0.25) is 0 Å². The van der Waals surface area contributed by atoms with Crippen molar-refractivity contribution >= 4 is 22.6 Å². The number of likely N-dealkylation sites (N-methyl/N-ethyl adjacent to an activating group) is 1. The van der Waals surface area contributed by atoms with Crippen LogP contribution in [0, 0.1) is 3.57 Å². The van der Waals surface area contributed by atoms with E-state index in [2.05, 4.69) is 53.6 Å². The molecule has 0 N–H and O–H groups in total. The quantitative estimate of drug-likeness (QED) is 0.560. The van der Waals surface area contributed by atoms with Crippen molar-refractivity contribution in [3.63, 3.8) is 0 Å². The van der Waals surface area contributed by atoms with Gasteiger partial charge in [-0.05, 0) is 59.8 Å². The zero-order valence-electron chi connectivity index (χ0n) is 15.4. The van der Waals surface area contributed by atoms with E-state index in [9.17, 15) is 0 Å². The van der Waals surface area contributed by atoms with Gasteiger partial charge < -0.3 is 19.1 Å². The van der Waals surface area contributed by atoms with Crippen molar-refractivity contribution in [1.29, 1.82) is 0 Å². The van der Waals surface area contributed by atoms with Crippen LogP contribution in [0.1, 0.15) is 25.0 Å². The number of hydrogen-bond acceptors (Lipinski definition) is 4. The fourth-order valence-electron chi connectivity index (χ4n) is 3.04. The average molecular weight is 467 g/mol. The standard InChI is InChI=1S/C21H26INO3/c1-3-12-24-19-14-17(22)9-10-18(19)26-21(16-7-5-4-6-8-16)20-15-23(2)11-13-25-20/h4-10,14,20-21H,3,11-13,15H2,1-2H3/t20?,21-/m0/s1. The average Bonchev–Trinajstić information content (AvgIpc) is 2.66. The highest BCUT2D eigenvalue weighted by atomic mass is 127. The van der Waals surface area contributed by atoms with Gasteiger partial charge in [-0.1, -0.05) is 37.3 Å². The first-order valence-electron chi connectivity index (χ1n) is 9.11. The van der Waals surface area contributed by atoms with E-state index in [1.165, 1.54) is 0 Å². The molecular formula is C21H26INO3. The topological polar surface area (TPSA) is 30.9 Å². The normalized spacial score (nSPS) is 19.1. The van der Waals surface area contributed by atoms with E-state index in [-0.39, 0.29) is 12.2 Å². The number of morpholine rings is 1. The number of benzene rings is 2. The number of rotatable bonds is 7. The smallest absolute Gasteiger partial charge is 0.162 e. The Balaban J connectivity index is 1.88. The molecule has 2 aromatic rings. The maximum Gasteiger partial charge on any atom is 0.162 e. The van der Waals surface area contributed by atoms with E-state index in [4.69, 9.17) is 14.2 Å². The van der Waals surface area contributed by atoms with E-state index in [0.29, 0.717) is 6.61 Å². The number of ether oxygens (including phenoxy) is 3. The van der Waals surface area contributed by atoms with Gasteiger partial charge in [-0.25, -0.2) is 0 Å². The van der Waals surface area contributed by atoms with Crippen molar-refractivity contribution in [2.45, 2.75) is 25.6 Å². The highest BCUT2D eigenvalue weighted by Crippen LogP contribution is 2.35. The van der Waals surface area contributed by atoms with Gasteiger partial charge in [0.25, 0.3) is 0 Å². The Morgan fingerprint density at radius 3 is 2.73 bits per heavy atom. The van der Waals surface area contributed by atoms with Crippen LogP contribution in [0.25, 0.3) is 0 Å². The summed E-state index contributed by atoms with van der Waals surface area (Å²) in [6, 6.07) is 16.4. The van der Waals surface area contributed by atoms with E-state index >= 15 is 0 Å². The molecule has 1 heterocycles. The predicted octanol–water partition coefficient (Wildman–Crippen LogP) is 4.53. The molecule has 1 fully saturated rings. The van der Waals surface area contributed by atoms with Gasteiger partial charge in [-0.2, -0.15) is 0 Å². The molecule has 26 heavy (non-hydrogen) atoms. The van der Waals surface area contributed by atoms with Gasteiger partial charge in [-0.15, -0.1) is 0 Å². The largest absolute Gasteiger partial charge is 0.490 e. The fourth-order valence-corrected chi connectivity index (χ4v) is 3.50. The zero-order chi connectivity index (χ0) is 18.4. The van der Waals surface area contributed by atoms with E-state index in [0.717, 1.165) is 46.7 Å². The predicted molar refractivity (Wildman–Crippen MR) is 112 cm³/mol. The van der Waals surface area contributed by atoms with Crippen molar-refractivity contribution < 1.29 is 14.2 Å². The summed E-state index contributed by atoms with van der Waals surface area (Å²) >= 11 is 2.30. The van der Waals surface area contributed by atoms with E-state index in [1.807, 2.05) is 36.4 Å². The molecule has 5 heteroatoms. The molecule has 0 aliphatic carbocycles. The first kappa shape index (κ1) is 19.5. The summed E-state index contributed by atoms with van der Waals surface area (Å²) in [6.07, 6.45) is 0.765. The summed E-state index contributed by atoms with van der Waals surface area (Å²) in [6.45, 7) is 5.29. The third kappa shape index (κ3) is 5.11. The summed E-state index contributed by atoms with van der Waals surface area (Å²) in [5.74, 6) is 1.56. The van der Waals surface area contributed by atoms with Gasteiger partial charge in [0.15, 0.2) is 17.6 Å². The Kier molecular flexibility index (Phi) is 7.16. The first-order valence-corrected chi connectivity index (χ1v) is 10.2. The molecule has 0 saturated carbocycles. The van der Waals surface area contributed by atoms with Gasteiger partial charge in [0.1, 0.15) is 6.10 Å². The minimum absolute atomic E-state index is 0.0190. The van der Waals surface area contributed by atoms with Crippen molar-refractivity contribution in [2.75, 3.05) is 33.4 Å². The van der Waals surface area contributed by atoms with Crippen LogP contribution in [0.15, 0.2) is 48.5 Å². The van der Waals surface area contributed by atoms with Gasteiger partial charge in [0.2, 0.25) is 0 Å². The monoisotopic (exact) mass is 467 g/mol. The lowest BCUT2D eigenvalue weighted by Gasteiger charge is -2.35. The molecule has 140 valence electrons. The van der Waals surface area contributed by atoms with Crippen molar-refractivity contribution in [1.82, 2.24) is 4.90 Å². The van der Waals surface area contributed by atoms with Crippen molar-refractivity contribution in [3.05, 3.63) is 57.7 Å². The van der Waals surface area contributed by atoms with Crippen LogP contribution in [-0.2, 0) is 4.74 Å². The molecule has 1 unspecified atom stereocenters. The second kappa shape index (κ2) is 9.58. The number of hydrogen-bond donors (Lipinski definition) is 0.